The molecule has 3 aromatic rings. The summed E-state index contributed by atoms with van der Waals surface area (Å²) in [6.07, 6.45) is 2.86. The highest BCUT2D eigenvalue weighted by Crippen LogP contribution is 2.33. The van der Waals surface area contributed by atoms with E-state index in [9.17, 15) is 4.79 Å². The number of rotatable bonds is 3. The third-order valence-corrected chi connectivity index (χ3v) is 5.29. The molecular weight excluding hydrogens is 354 g/mol. The van der Waals surface area contributed by atoms with Gasteiger partial charge in [-0.05, 0) is 49.9 Å². The van der Waals surface area contributed by atoms with E-state index in [1.807, 2.05) is 35.0 Å². The molecule has 2 aliphatic rings. The van der Waals surface area contributed by atoms with E-state index in [1.165, 1.54) is 0 Å². The fourth-order valence-corrected chi connectivity index (χ4v) is 3.93. The van der Waals surface area contributed by atoms with Crippen molar-refractivity contribution in [2.45, 2.75) is 26.2 Å². The maximum Gasteiger partial charge on any atom is 0.276 e. The van der Waals surface area contributed by atoms with Crippen LogP contribution >= 0.6 is 0 Å². The third kappa shape index (κ3) is 2.81. The molecular formula is C22H21N3O3. The first-order valence-corrected chi connectivity index (χ1v) is 9.58. The number of para-hydroxylation sites is 1. The monoisotopic (exact) mass is 375 g/mol. The molecule has 0 unspecified atom stereocenters. The van der Waals surface area contributed by atoms with Gasteiger partial charge in [0.25, 0.3) is 5.91 Å². The predicted molar refractivity (Wildman–Crippen MR) is 106 cm³/mol. The maximum absolute atomic E-state index is 13.0. The van der Waals surface area contributed by atoms with Crippen molar-refractivity contribution in [2.24, 2.45) is 0 Å². The van der Waals surface area contributed by atoms with E-state index in [0.717, 1.165) is 41.8 Å². The van der Waals surface area contributed by atoms with Gasteiger partial charge in [-0.3, -0.25) is 4.79 Å². The summed E-state index contributed by atoms with van der Waals surface area (Å²) in [6, 6.07) is 13.6. The van der Waals surface area contributed by atoms with Gasteiger partial charge < -0.3 is 14.8 Å². The van der Waals surface area contributed by atoms with E-state index >= 15 is 0 Å². The van der Waals surface area contributed by atoms with Crippen molar-refractivity contribution in [3.8, 4) is 17.2 Å². The number of aryl methyl sites for hydroxylation is 1. The molecule has 0 radical (unpaired) electrons. The van der Waals surface area contributed by atoms with Crippen LogP contribution in [0, 0.1) is 6.92 Å². The molecule has 1 aliphatic heterocycles. The molecule has 6 nitrogen and oxygen atoms in total. The Morgan fingerprint density at radius 1 is 1.07 bits per heavy atom. The Balaban J connectivity index is 1.47. The van der Waals surface area contributed by atoms with E-state index in [0.29, 0.717) is 36.1 Å². The summed E-state index contributed by atoms with van der Waals surface area (Å²) in [4.78, 5) is 13.0. The van der Waals surface area contributed by atoms with Gasteiger partial charge in [0.05, 0.1) is 5.69 Å². The van der Waals surface area contributed by atoms with E-state index in [2.05, 4.69) is 18.3 Å². The number of ether oxygens (including phenoxy) is 2. The van der Waals surface area contributed by atoms with Crippen LogP contribution in [0.5, 0.6) is 11.5 Å². The number of benzene rings is 2. The van der Waals surface area contributed by atoms with Gasteiger partial charge in [0.1, 0.15) is 13.2 Å². The number of amides is 1. The number of nitrogens with one attached hydrogen (secondary N) is 1. The summed E-state index contributed by atoms with van der Waals surface area (Å²) in [5.41, 5.74) is 5.54. The van der Waals surface area contributed by atoms with Gasteiger partial charge >= 0.3 is 0 Å². The zero-order valence-electron chi connectivity index (χ0n) is 15.7. The van der Waals surface area contributed by atoms with E-state index in [4.69, 9.17) is 14.6 Å². The quantitative estimate of drug-likeness (QED) is 0.758. The second-order valence-corrected chi connectivity index (χ2v) is 7.14. The van der Waals surface area contributed by atoms with Crippen molar-refractivity contribution in [3.05, 3.63) is 65.0 Å². The maximum atomic E-state index is 13.0. The topological polar surface area (TPSA) is 65.4 Å². The van der Waals surface area contributed by atoms with E-state index < -0.39 is 0 Å². The molecule has 0 atom stereocenters. The molecule has 0 bridgehead atoms. The molecule has 0 spiro atoms. The van der Waals surface area contributed by atoms with Crippen LogP contribution in [0.25, 0.3) is 5.69 Å². The molecule has 2 aromatic carbocycles. The normalized spacial score (nSPS) is 14.6. The number of carbonyl (C=O) groups is 1. The van der Waals surface area contributed by atoms with Crippen molar-refractivity contribution in [1.82, 2.24) is 9.78 Å². The average Bonchev–Trinajstić information content (AvgIpc) is 3.31. The molecule has 0 saturated carbocycles. The fraction of sp³-hybridized carbons (Fsp3) is 0.273. The standard InChI is InChI=1S/C22H21N3O3/c1-14-5-2-3-7-17(14)25-18-8-4-6-16(18)21(24-25)22(26)23-15-9-10-19-20(13-15)28-12-11-27-19/h2-3,5,7,9-10,13H,4,6,8,11-12H2,1H3,(H,23,26). The first kappa shape index (κ1) is 16.9. The molecule has 1 aliphatic carbocycles. The van der Waals surface area contributed by atoms with Crippen molar-refractivity contribution < 1.29 is 14.3 Å². The van der Waals surface area contributed by atoms with Crippen LogP contribution in [0.2, 0.25) is 0 Å². The summed E-state index contributed by atoms with van der Waals surface area (Å²) in [7, 11) is 0. The molecule has 5 rings (SSSR count). The lowest BCUT2D eigenvalue weighted by Gasteiger charge is -2.18. The molecule has 1 N–H and O–H groups in total. The van der Waals surface area contributed by atoms with Gasteiger partial charge in [0.15, 0.2) is 17.2 Å². The molecule has 28 heavy (non-hydrogen) atoms. The minimum Gasteiger partial charge on any atom is -0.486 e. The first-order valence-electron chi connectivity index (χ1n) is 9.58. The smallest absolute Gasteiger partial charge is 0.276 e. The summed E-state index contributed by atoms with van der Waals surface area (Å²) >= 11 is 0. The number of fused-ring (bicyclic) bond motifs is 2. The highest BCUT2D eigenvalue weighted by Gasteiger charge is 2.27. The predicted octanol–water partition coefficient (Wildman–Crippen LogP) is 3.69. The van der Waals surface area contributed by atoms with Crippen molar-refractivity contribution >= 4 is 11.6 Å². The molecule has 1 amide bonds. The summed E-state index contributed by atoms with van der Waals surface area (Å²) < 4.78 is 13.1. The third-order valence-electron chi connectivity index (χ3n) is 5.29. The van der Waals surface area contributed by atoms with Crippen molar-refractivity contribution in [1.29, 1.82) is 0 Å². The van der Waals surface area contributed by atoms with Crippen LogP contribution in [0.15, 0.2) is 42.5 Å². The Morgan fingerprint density at radius 3 is 2.75 bits per heavy atom. The number of anilines is 1. The Kier molecular flexibility index (Phi) is 4.04. The number of nitrogens with zero attached hydrogens (tertiary/aromatic N) is 2. The van der Waals surface area contributed by atoms with E-state index in [-0.39, 0.29) is 5.91 Å². The minimum absolute atomic E-state index is 0.192. The lowest BCUT2D eigenvalue weighted by molar-refractivity contribution is 0.102. The number of carbonyl (C=O) groups excluding carboxylic acids is 1. The summed E-state index contributed by atoms with van der Waals surface area (Å²) in [5, 5.41) is 7.66. The highest BCUT2D eigenvalue weighted by molar-refractivity contribution is 6.04. The lowest BCUT2D eigenvalue weighted by atomic mass is 10.1. The molecule has 6 heteroatoms. The number of aromatic nitrogens is 2. The van der Waals surface area contributed by atoms with Crippen LogP contribution in [-0.2, 0) is 12.8 Å². The highest BCUT2D eigenvalue weighted by atomic mass is 16.6. The van der Waals surface area contributed by atoms with Crippen molar-refractivity contribution in [2.75, 3.05) is 18.5 Å². The zero-order chi connectivity index (χ0) is 19.1. The molecule has 1 aromatic heterocycles. The SMILES string of the molecule is Cc1ccccc1-n1nc(C(=O)Nc2ccc3c(c2)OCCO3)c2c1CCC2. The minimum atomic E-state index is -0.192. The lowest BCUT2D eigenvalue weighted by Crippen LogP contribution is -2.17. The molecule has 0 saturated heterocycles. The molecule has 142 valence electrons. The Labute approximate surface area is 163 Å². The Bertz CT molecular complexity index is 1070. The van der Waals surface area contributed by atoms with Crippen LogP contribution in [-0.4, -0.2) is 28.9 Å². The van der Waals surface area contributed by atoms with Gasteiger partial charge in [-0.1, -0.05) is 18.2 Å². The van der Waals surface area contributed by atoms with Gasteiger partial charge in [0, 0.05) is 23.0 Å². The Morgan fingerprint density at radius 2 is 1.89 bits per heavy atom. The largest absolute Gasteiger partial charge is 0.486 e. The number of hydrogen-bond donors (Lipinski definition) is 1. The molecule has 0 fully saturated rings. The van der Waals surface area contributed by atoms with Crippen LogP contribution in [0.4, 0.5) is 5.69 Å². The van der Waals surface area contributed by atoms with Crippen LogP contribution in [0.3, 0.4) is 0 Å². The zero-order valence-corrected chi connectivity index (χ0v) is 15.7. The van der Waals surface area contributed by atoms with Gasteiger partial charge in [-0.2, -0.15) is 5.10 Å². The second-order valence-electron chi connectivity index (χ2n) is 7.14. The second kappa shape index (κ2) is 6.71. The average molecular weight is 375 g/mol. The first-order chi connectivity index (χ1) is 13.7. The van der Waals surface area contributed by atoms with Crippen LogP contribution in [0.1, 0.15) is 33.7 Å². The van der Waals surface area contributed by atoms with E-state index in [1.54, 1.807) is 6.07 Å². The van der Waals surface area contributed by atoms with Gasteiger partial charge in [-0.15, -0.1) is 0 Å². The summed E-state index contributed by atoms with van der Waals surface area (Å²) in [5.74, 6) is 1.16. The summed E-state index contributed by atoms with van der Waals surface area (Å²) in [6.45, 7) is 3.12. The van der Waals surface area contributed by atoms with Crippen LogP contribution < -0.4 is 14.8 Å². The van der Waals surface area contributed by atoms with Gasteiger partial charge in [-0.25, -0.2) is 4.68 Å². The molecule has 2 heterocycles. The number of hydrogen-bond acceptors (Lipinski definition) is 4. The fourth-order valence-electron chi connectivity index (χ4n) is 3.93. The van der Waals surface area contributed by atoms with Gasteiger partial charge in [0.2, 0.25) is 0 Å². The van der Waals surface area contributed by atoms with Crippen molar-refractivity contribution in [3.63, 3.8) is 0 Å². The Hall–Kier alpha value is -3.28.